The van der Waals surface area contributed by atoms with Gasteiger partial charge in [-0.05, 0) is 49.4 Å². The second-order valence-electron chi connectivity index (χ2n) is 8.43. The monoisotopic (exact) mass is 416 g/mol. The zero-order valence-corrected chi connectivity index (χ0v) is 16.4. The molecule has 2 fully saturated rings. The molecular weight excluding hydrogens is 393 g/mol. The van der Waals surface area contributed by atoms with E-state index in [0.29, 0.717) is 16.9 Å². The Labute approximate surface area is 171 Å². The molecule has 0 bridgehead atoms. The Kier molecular flexibility index (Phi) is 4.41. The predicted octanol–water partition coefficient (Wildman–Crippen LogP) is 5.57. The Morgan fingerprint density at radius 1 is 1.07 bits per heavy atom. The van der Waals surface area contributed by atoms with Crippen LogP contribution in [0.4, 0.5) is 24.7 Å². The van der Waals surface area contributed by atoms with Crippen LogP contribution in [0.15, 0.2) is 41.3 Å². The first-order chi connectivity index (χ1) is 14.4. The van der Waals surface area contributed by atoms with Crippen LogP contribution in [0.2, 0.25) is 0 Å². The molecule has 8 heteroatoms. The number of anilines is 2. The maximum Gasteiger partial charge on any atom is 0.398 e. The minimum Gasteiger partial charge on any atom is -0.338 e. The zero-order chi connectivity index (χ0) is 20.9. The van der Waals surface area contributed by atoms with E-state index in [0.717, 1.165) is 31.2 Å². The van der Waals surface area contributed by atoms with Crippen LogP contribution in [0.25, 0.3) is 10.9 Å². The lowest BCUT2D eigenvalue weighted by molar-refractivity contribution is -0.160. The number of alkyl halides is 3. The van der Waals surface area contributed by atoms with E-state index >= 15 is 0 Å². The standard InChI is InChI=1S/C22H23F3N4O/c23-22(24,25)21(11-12-21)14-6-8-15(9-7-14)27-19-18-17(10-13-26-20(18)30)29(28-19)16-4-2-1-3-5-16/h6-10,13,16H,1-5,11-12H2,(H,26,30)(H,27,28). The number of halogens is 3. The molecule has 5 nitrogen and oxygen atoms in total. The second kappa shape index (κ2) is 6.89. The third kappa shape index (κ3) is 3.09. The lowest BCUT2D eigenvalue weighted by atomic mass is 9.95. The third-order valence-electron chi connectivity index (χ3n) is 6.54. The number of aromatic amines is 1. The fourth-order valence-corrected chi connectivity index (χ4v) is 4.66. The highest BCUT2D eigenvalue weighted by atomic mass is 19.4. The van der Waals surface area contributed by atoms with Crippen molar-refractivity contribution >= 4 is 22.4 Å². The van der Waals surface area contributed by atoms with Gasteiger partial charge in [-0.25, -0.2) is 0 Å². The van der Waals surface area contributed by atoms with Crippen molar-refractivity contribution < 1.29 is 13.2 Å². The van der Waals surface area contributed by atoms with E-state index in [1.807, 2.05) is 10.7 Å². The summed E-state index contributed by atoms with van der Waals surface area (Å²) in [7, 11) is 0. The van der Waals surface area contributed by atoms with E-state index in [1.54, 1.807) is 18.3 Å². The molecule has 2 heterocycles. The summed E-state index contributed by atoms with van der Waals surface area (Å²) in [6, 6.07) is 8.41. The molecule has 0 atom stereocenters. The molecule has 5 rings (SSSR count). The van der Waals surface area contributed by atoms with E-state index in [-0.39, 0.29) is 30.0 Å². The number of H-pyrrole nitrogens is 1. The summed E-state index contributed by atoms with van der Waals surface area (Å²) in [5.41, 5.74) is -0.259. The summed E-state index contributed by atoms with van der Waals surface area (Å²) < 4.78 is 42.0. The van der Waals surface area contributed by atoms with Gasteiger partial charge in [0.1, 0.15) is 5.39 Å². The average molecular weight is 416 g/mol. The van der Waals surface area contributed by atoms with Gasteiger partial charge in [0, 0.05) is 11.9 Å². The van der Waals surface area contributed by atoms with Crippen LogP contribution in [0, 0.1) is 0 Å². The van der Waals surface area contributed by atoms with Crippen molar-refractivity contribution in [2.45, 2.75) is 62.6 Å². The molecule has 0 radical (unpaired) electrons. The van der Waals surface area contributed by atoms with Crippen LogP contribution >= 0.6 is 0 Å². The van der Waals surface area contributed by atoms with Crippen LogP contribution < -0.4 is 10.9 Å². The van der Waals surface area contributed by atoms with Crippen molar-refractivity contribution in [1.29, 1.82) is 0 Å². The maximum absolute atomic E-state index is 13.4. The van der Waals surface area contributed by atoms with E-state index in [2.05, 4.69) is 10.3 Å². The first kappa shape index (κ1) is 19.2. The smallest absolute Gasteiger partial charge is 0.338 e. The highest BCUT2D eigenvalue weighted by Crippen LogP contribution is 2.58. The molecule has 158 valence electrons. The van der Waals surface area contributed by atoms with Gasteiger partial charge in [-0.15, -0.1) is 0 Å². The van der Waals surface area contributed by atoms with Crippen molar-refractivity contribution in [3.8, 4) is 0 Å². The fourth-order valence-electron chi connectivity index (χ4n) is 4.66. The Bertz CT molecular complexity index is 1120. The van der Waals surface area contributed by atoms with Crippen LogP contribution in [0.5, 0.6) is 0 Å². The molecule has 0 saturated heterocycles. The summed E-state index contributed by atoms with van der Waals surface area (Å²) in [6.07, 6.45) is 3.20. The number of nitrogens with zero attached hydrogens (tertiary/aromatic N) is 2. The molecular formula is C22H23F3N4O. The van der Waals surface area contributed by atoms with E-state index in [4.69, 9.17) is 5.10 Å². The van der Waals surface area contributed by atoms with Crippen molar-refractivity contribution in [3.63, 3.8) is 0 Å². The first-order valence-electron chi connectivity index (χ1n) is 10.4. The van der Waals surface area contributed by atoms with E-state index < -0.39 is 11.6 Å². The zero-order valence-electron chi connectivity index (χ0n) is 16.4. The van der Waals surface area contributed by atoms with Crippen LogP contribution in [-0.4, -0.2) is 20.9 Å². The van der Waals surface area contributed by atoms with Gasteiger partial charge < -0.3 is 10.3 Å². The minimum atomic E-state index is -4.23. The maximum atomic E-state index is 13.4. The molecule has 0 amide bonds. The van der Waals surface area contributed by atoms with Gasteiger partial charge in [0.2, 0.25) is 0 Å². The number of fused-ring (bicyclic) bond motifs is 1. The fraction of sp³-hybridized carbons (Fsp3) is 0.455. The van der Waals surface area contributed by atoms with Crippen molar-refractivity contribution in [3.05, 3.63) is 52.4 Å². The average Bonchev–Trinajstić information content (AvgIpc) is 3.48. The molecule has 1 aromatic carbocycles. The van der Waals surface area contributed by atoms with E-state index in [1.165, 1.54) is 18.6 Å². The van der Waals surface area contributed by atoms with Gasteiger partial charge in [-0.1, -0.05) is 31.4 Å². The molecule has 2 aliphatic rings. The van der Waals surface area contributed by atoms with Gasteiger partial charge in [-0.3, -0.25) is 9.48 Å². The molecule has 0 aliphatic heterocycles. The molecule has 2 aromatic heterocycles. The van der Waals surface area contributed by atoms with Gasteiger partial charge in [0.25, 0.3) is 5.56 Å². The Morgan fingerprint density at radius 2 is 1.77 bits per heavy atom. The number of rotatable bonds is 4. The molecule has 2 N–H and O–H groups in total. The summed E-state index contributed by atoms with van der Waals surface area (Å²) in [6.45, 7) is 0. The molecule has 30 heavy (non-hydrogen) atoms. The molecule has 2 saturated carbocycles. The number of hydrogen-bond donors (Lipinski definition) is 2. The lowest BCUT2D eigenvalue weighted by Crippen LogP contribution is -2.28. The topological polar surface area (TPSA) is 62.7 Å². The lowest BCUT2D eigenvalue weighted by Gasteiger charge is -2.22. The predicted molar refractivity (Wildman–Crippen MR) is 109 cm³/mol. The highest BCUT2D eigenvalue weighted by Gasteiger charge is 2.64. The Hall–Kier alpha value is -2.77. The number of hydrogen-bond acceptors (Lipinski definition) is 3. The Morgan fingerprint density at radius 3 is 2.40 bits per heavy atom. The number of aromatic nitrogens is 3. The first-order valence-corrected chi connectivity index (χ1v) is 10.4. The van der Waals surface area contributed by atoms with Gasteiger partial charge >= 0.3 is 6.18 Å². The molecule has 0 unspecified atom stereocenters. The number of pyridine rings is 1. The van der Waals surface area contributed by atoms with Crippen molar-refractivity contribution in [2.75, 3.05) is 5.32 Å². The largest absolute Gasteiger partial charge is 0.398 e. The summed E-state index contributed by atoms with van der Waals surface area (Å²) in [5.74, 6) is 0.433. The molecule has 2 aliphatic carbocycles. The van der Waals surface area contributed by atoms with Crippen LogP contribution in [0.3, 0.4) is 0 Å². The summed E-state index contributed by atoms with van der Waals surface area (Å²) in [4.78, 5) is 15.2. The van der Waals surface area contributed by atoms with Gasteiger partial charge in [0.05, 0.1) is 17.0 Å². The van der Waals surface area contributed by atoms with Gasteiger partial charge in [-0.2, -0.15) is 18.3 Å². The van der Waals surface area contributed by atoms with Crippen molar-refractivity contribution in [2.24, 2.45) is 0 Å². The van der Waals surface area contributed by atoms with Crippen LogP contribution in [-0.2, 0) is 5.41 Å². The minimum absolute atomic E-state index is 0.134. The second-order valence-corrected chi connectivity index (χ2v) is 8.43. The summed E-state index contributed by atoms with van der Waals surface area (Å²) in [5, 5.41) is 8.32. The summed E-state index contributed by atoms with van der Waals surface area (Å²) >= 11 is 0. The molecule has 0 spiro atoms. The van der Waals surface area contributed by atoms with E-state index in [9.17, 15) is 18.0 Å². The SMILES string of the molecule is O=c1[nH]ccc2c1c(Nc1ccc(C3(C(F)(F)F)CC3)cc1)nn2C1CCCCC1. The quantitative estimate of drug-likeness (QED) is 0.585. The number of nitrogens with one attached hydrogen (secondary N) is 2. The normalized spacial score (nSPS) is 19.2. The van der Waals surface area contributed by atoms with Gasteiger partial charge in [0.15, 0.2) is 5.82 Å². The van der Waals surface area contributed by atoms with Crippen molar-refractivity contribution in [1.82, 2.24) is 14.8 Å². The highest BCUT2D eigenvalue weighted by molar-refractivity contribution is 5.91. The molecule has 3 aromatic rings. The third-order valence-corrected chi connectivity index (χ3v) is 6.54. The van der Waals surface area contributed by atoms with Crippen LogP contribution in [0.1, 0.15) is 56.6 Å². The Balaban J connectivity index is 1.48. The number of benzene rings is 1.